The van der Waals surface area contributed by atoms with Gasteiger partial charge in [0.1, 0.15) is 0 Å². The maximum Gasteiger partial charge on any atom is 0.191 e. The van der Waals surface area contributed by atoms with Crippen LogP contribution in [-0.2, 0) is 9.47 Å². The van der Waals surface area contributed by atoms with Crippen LogP contribution in [-0.4, -0.2) is 77.1 Å². The predicted octanol–water partition coefficient (Wildman–Crippen LogP) is 1.31. The topological polar surface area (TPSA) is 58.1 Å². The minimum atomic E-state index is 0. The van der Waals surface area contributed by atoms with Crippen molar-refractivity contribution in [3.63, 3.8) is 0 Å². The first-order valence-electron chi connectivity index (χ1n) is 8.44. The largest absolute Gasteiger partial charge is 0.381 e. The van der Waals surface area contributed by atoms with Crippen molar-refractivity contribution in [1.82, 2.24) is 15.5 Å². The average Bonchev–Trinajstić information content (AvgIpc) is 2.56. The molecule has 2 N–H and O–H groups in total. The van der Waals surface area contributed by atoms with Crippen molar-refractivity contribution in [2.75, 3.05) is 60.7 Å². The summed E-state index contributed by atoms with van der Waals surface area (Å²) in [6.45, 7) is 5.34. The Bertz CT molecular complexity index is 354. The molecule has 2 aliphatic heterocycles. The number of aliphatic imine (C=N–C) groups is 1. The smallest absolute Gasteiger partial charge is 0.191 e. The van der Waals surface area contributed by atoms with Crippen molar-refractivity contribution in [3.8, 4) is 0 Å². The van der Waals surface area contributed by atoms with Crippen LogP contribution >= 0.6 is 24.0 Å². The summed E-state index contributed by atoms with van der Waals surface area (Å²) in [6.07, 6.45) is 4.40. The van der Waals surface area contributed by atoms with Gasteiger partial charge in [0.05, 0.1) is 0 Å². The van der Waals surface area contributed by atoms with Crippen LogP contribution < -0.4 is 10.6 Å². The highest BCUT2D eigenvalue weighted by Gasteiger charge is 2.34. The van der Waals surface area contributed by atoms with Crippen LogP contribution in [0.1, 0.15) is 25.7 Å². The van der Waals surface area contributed by atoms with E-state index in [2.05, 4.69) is 34.6 Å². The highest BCUT2D eigenvalue weighted by molar-refractivity contribution is 14.0. The Balaban J connectivity index is 0.00000264. The molecule has 2 heterocycles. The molecule has 0 aliphatic carbocycles. The summed E-state index contributed by atoms with van der Waals surface area (Å²) < 4.78 is 10.9. The van der Waals surface area contributed by atoms with Crippen LogP contribution in [0.15, 0.2) is 4.99 Å². The lowest BCUT2D eigenvalue weighted by Crippen LogP contribution is -2.57. The molecular weight excluding hydrogens is 407 g/mol. The van der Waals surface area contributed by atoms with Crippen molar-refractivity contribution in [2.45, 2.75) is 31.2 Å². The minimum absolute atomic E-state index is 0. The van der Waals surface area contributed by atoms with E-state index in [1.165, 1.54) is 0 Å². The van der Waals surface area contributed by atoms with Gasteiger partial charge in [-0.05, 0) is 45.7 Å². The molecule has 0 aromatic heterocycles. The zero-order valence-electron chi connectivity index (χ0n) is 14.8. The zero-order chi connectivity index (χ0) is 15.8. The first kappa shape index (κ1) is 20.9. The molecule has 2 aliphatic rings. The fourth-order valence-electron chi connectivity index (χ4n) is 3.19. The lowest BCUT2D eigenvalue weighted by molar-refractivity contribution is -0.00502. The van der Waals surface area contributed by atoms with Gasteiger partial charge in [-0.15, -0.1) is 24.0 Å². The Labute approximate surface area is 157 Å². The molecule has 0 unspecified atom stereocenters. The van der Waals surface area contributed by atoms with Crippen molar-refractivity contribution in [2.24, 2.45) is 10.9 Å². The molecule has 23 heavy (non-hydrogen) atoms. The first-order chi connectivity index (χ1) is 10.7. The van der Waals surface area contributed by atoms with E-state index >= 15 is 0 Å². The monoisotopic (exact) mass is 440 g/mol. The molecule has 136 valence electrons. The van der Waals surface area contributed by atoms with Crippen LogP contribution in [0.4, 0.5) is 0 Å². The van der Waals surface area contributed by atoms with Crippen LogP contribution in [0.3, 0.4) is 0 Å². The van der Waals surface area contributed by atoms with E-state index in [0.29, 0.717) is 5.92 Å². The lowest BCUT2D eigenvalue weighted by Gasteiger charge is -2.43. The van der Waals surface area contributed by atoms with Gasteiger partial charge < -0.3 is 25.0 Å². The number of hydrogen-bond donors (Lipinski definition) is 2. The van der Waals surface area contributed by atoms with Crippen molar-refractivity contribution < 1.29 is 9.47 Å². The quantitative estimate of drug-likeness (QED) is 0.384. The molecule has 2 rings (SSSR count). The summed E-state index contributed by atoms with van der Waals surface area (Å²) in [7, 11) is 6.15. The summed E-state index contributed by atoms with van der Waals surface area (Å²) in [5, 5.41) is 6.98. The zero-order valence-corrected chi connectivity index (χ0v) is 17.1. The van der Waals surface area contributed by atoms with Gasteiger partial charge in [0, 0.05) is 52.1 Å². The second-order valence-corrected chi connectivity index (χ2v) is 6.59. The molecule has 0 spiro atoms. The normalized spacial score (nSPS) is 22.5. The van der Waals surface area contributed by atoms with E-state index in [1.807, 2.05) is 7.05 Å². The molecule has 6 nitrogen and oxygen atoms in total. The summed E-state index contributed by atoms with van der Waals surface area (Å²) in [5.41, 5.74) is 0.161. The summed E-state index contributed by atoms with van der Waals surface area (Å²) >= 11 is 0. The molecule has 0 saturated carbocycles. The maximum absolute atomic E-state index is 5.52. The number of likely N-dealkylation sites (N-methyl/N-ethyl adjacent to an activating group) is 1. The number of ether oxygens (including phenoxy) is 2. The van der Waals surface area contributed by atoms with E-state index in [-0.39, 0.29) is 29.5 Å². The molecular formula is C16H33IN4O2. The molecule has 0 radical (unpaired) electrons. The number of rotatable bonds is 5. The number of halogens is 1. The third-order valence-electron chi connectivity index (χ3n) is 5.08. The van der Waals surface area contributed by atoms with Gasteiger partial charge in [-0.25, -0.2) is 0 Å². The first-order valence-corrected chi connectivity index (χ1v) is 8.44. The molecule has 0 aromatic carbocycles. The molecule has 0 aromatic rings. The van der Waals surface area contributed by atoms with Crippen LogP contribution in [0.5, 0.6) is 0 Å². The number of hydrogen-bond acceptors (Lipinski definition) is 4. The fourth-order valence-corrected chi connectivity index (χ4v) is 3.19. The third-order valence-corrected chi connectivity index (χ3v) is 5.08. The van der Waals surface area contributed by atoms with Gasteiger partial charge in [0.25, 0.3) is 0 Å². The van der Waals surface area contributed by atoms with Crippen LogP contribution in [0.2, 0.25) is 0 Å². The maximum atomic E-state index is 5.52. The van der Waals surface area contributed by atoms with Crippen LogP contribution in [0.25, 0.3) is 0 Å². The van der Waals surface area contributed by atoms with Crippen molar-refractivity contribution >= 4 is 29.9 Å². The van der Waals surface area contributed by atoms with E-state index in [1.54, 1.807) is 0 Å². The Hall–Kier alpha value is -0.120. The Morgan fingerprint density at radius 3 is 2.26 bits per heavy atom. The fraction of sp³-hybridized carbons (Fsp3) is 0.938. The van der Waals surface area contributed by atoms with Gasteiger partial charge in [0.15, 0.2) is 5.96 Å². The van der Waals surface area contributed by atoms with Crippen molar-refractivity contribution in [1.29, 1.82) is 0 Å². The van der Waals surface area contributed by atoms with Crippen LogP contribution in [0, 0.1) is 5.92 Å². The standard InChI is InChI=1S/C16H32N4O2.HI/c1-17-15(18-12-14-4-8-21-9-5-14)19-13-16(20(2)3)6-10-22-11-7-16;/h14H,4-13H2,1-3H3,(H2,17,18,19);1H. The molecule has 7 heteroatoms. The van der Waals surface area contributed by atoms with Gasteiger partial charge >= 0.3 is 0 Å². The summed E-state index contributed by atoms with van der Waals surface area (Å²) in [4.78, 5) is 6.69. The number of nitrogens with one attached hydrogen (secondary N) is 2. The molecule has 0 atom stereocenters. The summed E-state index contributed by atoms with van der Waals surface area (Å²) in [6, 6.07) is 0. The van der Waals surface area contributed by atoms with Gasteiger partial charge in [-0.3, -0.25) is 4.99 Å². The van der Waals surface area contributed by atoms with Gasteiger partial charge in [0.2, 0.25) is 0 Å². The SMILES string of the molecule is CN=C(NCC1CCOCC1)NCC1(N(C)C)CCOCC1.I. The molecule has 0 amide bonds. The van der Waals surface area contributed by atoms with Gasteiger partial charge in [-0.2, -0.15) is 0 Å². The second-order valence-electron chi connectivity index (χ2n) is 6.59. The Morgan fingerprint density at radius 1 is 1.09 bits per heavy atom. The molecule has 2 saturated heterocycles. The molecule has 0 bridgehead atoms. The second kappa shape index (κ2) is 10.7. The average molecular weight is 440 g/mol. The highest BCUT2D eigenvalue weighted by atomic mass is 127. The lowest BCUT2D eigenvalue weighted by atomic mass is 9.88. The minimum Gasteiger partial charge on any atom is -0.381 e. The Kier molecular flexibility index (Phi) is 9.72. The predicted molar refractivity (Wildman–Crippen MR) is 105 cm³/mol. The van der Waals surface area contributed by atoms with E-state index < -0.39 is 0 Å². The highest BCUT2D eigenvalue weighted by Crippen LogP contribution is 2.25. The number of guanidine groups is 1. The van der Waals surface area contributed by atoms with Gasteiger partial charge in [-0.1, -0.05) is 0 Å². The van der Waals surface area contributed by atoms with E-state index in [4.69, 9.17) is 9.47 Å². The molecule has 2 fully saturated rings. The van der Waals surface area contributed by atoms with E-state index in [0.717, 1.165) is 71.2 Å². The summed E-state index contributed by atoms with van der Waals surface area (Å²) in [5.74, 6) is 1.59. The van der Waals surface area contributed by atoms with E-state index in [9.17, 15) is 0 Å². The third kappa shape index (κ3) is 6.36. The van der Waals surface area contributed by atoms with Crippen molar-refractivity contribution in [3.05, 3.63) is 0 Å². The number of nitrogens with zero attached hydrogens (tertiary/aromatic N) is 2. The Morgan fingerprint density at radius 2 is 1.70 bits per heavy atom.